The average Bonchev–Trinajstić information content (AvgIpc) is 3.04. The molecule has 1 atom stereocenters. The average molecular weight is 309 g/mol. The summed E-state index contributed by atoms with van der Waals surface area (Å²) in [5, 5.41) is -0.329. The predicted octanol–water partition coefficient (Wildman–Crippen LogP) is 5.19. The van der Waals surface area contributed by atoms with Crippen LogP contribution < -0.4 is 9.47 Å². The first-order valence-corrected chi connectivity index (χ1v) is 7.77. The van der Waals surface area contributed by atoms with Gasteiger partial charge in [0.15, 0.2) is 11.5 Å². The second kappa shape index (κ2) is 7.99. The summed E-state index contributed by atoms with van der Waals surface area (Å²) in [6.45, 7) is 5.47. The fraction of sp³-hybridized carbons (Fsp3) is 0.412. The normalized spacial score (nSPS) is 12.1. The van der Waals surface area contributed by atoms with E-state index in [0.717, 1.165) is 35.7 Å². The highest BCUT2D eigenvalue weighted by molar-refractivity contribution is 6.22. The summed E-state index contributed by atoms with van der Waals surface area (Å²) in [6.07, 6.45) is 3.53. The Morgan fingerprint density at radius 2 is 1.76 bits per heavy atom. The summed E-state index contributed by atoms with van der Waals surface area (Å²) in [5.74, 6) is 2.22. The van der Waals surface area contributed by atoms with Gasteiger partial charge in [-0.15, -0.1) is 11.6 Å². The maximum absolute atomic E-state index is 6.45. The summed E-state index contributed by atoms with van der Waals surface area (Å²) in [5.41, 5.74) is 0.932. The van der Waals surface area contributed by atoms with Gasteiger partial charge < -0.3 is 13.9 Å². The van der Waals surface area contributed by atoms with E-state index in [-0.39, 0.29) is 5.38 Å². The van der Waals surface area contributed by atoms with E-state index in [1.54, 1.807) is 6.26 Å². The molecule has 1 unspecified atom stereocenters. The van der Waals surface area contributed by atoms with Gasteiger partial charge in [-0.25, -0.2) is 0 Å². The molecule has 0 amide bonds. The van der Waals surface area contributed by atoms with E-state index in [9.17, 15) is 0 Å². The van der Waals surface area contributed by atoms with Gasteiger partial charge in [0.2, 0.25) is 0 Å². The maximum atomic E-state index is 6.45. The van der Waals surface area contributed by atoms with Crippen molar-refractivity contribution in [2.24, 2.45) is 0 Å². The van der Waals surface area contributed by atoms with Crippen LogP contribution in [0.4, 0.5) is 0 Å². The Balaban J connectivity index is 2.22. The Kier molecular flexibility index (Phi) is 6.00. The van der Waals surface area contributed by atoms with Crippen molar-refractivity contribution in [2.45, 2.75) is 32.1 Å². The highest BCUT2D eigenvalue weighted by Crippen LogP contribution is 2.35. The van der Waals surface area contributed by atoms with Crippen molar-refractivity contribution in [3.63, 3.8) is 0 Å². The number of rotatable bonds is 8. The minimum absolute atomic E-state index is 0.329. The minimum atomic E-state index is -0.329. The number of hydrogen-bond acceptors (Lipinski definition) is 3. The molecule has 0 aliphatic rings. The molecule has 2 rings (SSSR count). The highest BCUT2D eigenvalue weighted by atomic mass is 35.5. The zero-order valence-corrected chi connectivity index (χ0v) is 13.2. The number of furan rings is 1. The van der Waals surface area contributed by atoms with Crippen LogP contribution >= 0.6 is 11.6 Å². The van der Waals surface area contributed by atoms with Crippen LogP contribution in [0.25, 0.3) is 0 Å². The SMILES string of the molecule is CCCOc1ccc(C(Cl)c2ccco2)cc1OCCC. The van der Waals surface area contributed by atoms with E-state index in [1.807, 2.05) is 30.3 Å². The lowest BCUT2D eigenvalue weighted by Gasteiger charge is -2.15. The predicted molar refractivity (Wildman–Crippen MR) is 84.4 cm³/mol. The van der Waals surface area contributed by atoms with Gasteiger partial charge in [0.25, 0.3) is 0 Å². The Morgan fingerprint density at radius 1 is 1.05 bits per heavy atom. The van der Waals surface area contributed by atoms with Crippen LogP contribution in [-0.4, -0.2) is 13.2 Å². The Labute approximate surface area is 130 Å². The molecule has 3 nitrogen and oxygen atoms in total. The van der Waals surface area contributed by atoms with Crippen molar-refractivity contribution >= 4 is 11.6 Å². The maximum Gasteiger partial charge on any atom is 0.161 e. The van der Waals surface area contributed by atoms with Gasteiger partial charge in [-0.3, -0.25) is 0 Å². The van der Waals surface area contributed by atoms with Gasteiger partial charge in [0.1, 0.15) is 11.1 Å². The zero-order chi connectivity index (χ0) is 15.1. The molecule has 0 saturated heterocycles. The van der Waals surface area contributed by atoms with Crippen LogP contribution in [-0.2, 0) is 0 Å². The van der Waals surface area contributed by atoms with Crippen LogP contribution in [0.3, 0.4) is 0 Å². The van der Waals surface area contributed by atoms with Gasteiger partial charge in [-0.1, -0.05) is 19.9 Å². The largest absolute Gasteiger partial charge is 0.490 e. The molecule has 0 aliphatic heterocycles. The molecule has 4 heteroatoms. The summed E-state index contributed by atoms with van der Waals surface area (Å²) < 4.78 is 16.9. The number of hydrogen-bond donors (Lipinski definition) is 0. The van der Waals surface area contributed by atoms with E-state index < -0.39 is 0 Å². The lowest BCUT2D eigenvalue weighted by atomic mass is 10.1. The van der Waals surface area contributed by atoms with Gasteiger partial charge >= 0.3 is 0 Å². The molecular weight excluding hydrogens is 288 g/mol. The van der Waals surface area contributed by atoms with E-state index in [1.165, 1.54) is 0 Å². The molecule has 21 heavy (non-hydrogen) atoms. The van der Waals surface area contributed by atoms with Crippen molar-refractivity contribution < 1.29 is 13.9 Å². The lowest BCUT2D eigenvalue weighted by molar-refractivity contribution is 0.268. The molecule has 1 aromatic heterocycles. The van der Waals surface area contributed by atoms with Crippen molar-refractivity contribution in [3.8, 4) is 11.5 Å². The van der Waals surface area contributed by atoms with E-state index in [0.29, 0.717) is 13.2 Å². The van der Waals surface area contributed by atoms with Crippen molar-refractivity contribution in [1.29, 1.82) is 0 Å². The number of alkyl halides is 1. The molecule has 0 spiro atoms. The van der Waals surface area contributed by atoms with Crippen molar-refractivity contribution in [3.05, 3.63) is 47.9 Å². The molecule has 114 valence electrons. The Morgan fingerprint density at radius 3 is 2.38 bits per heavy atom. The third-order valence-electron chi connectivity index (χ3n) is 2.98. The number of ether oxygens (including phenoxy) is 2. The number of halogens is 1. The first kappa shape index (κ1) is 15.8. The van der Waals surface area contributed by atoms with Crippen LogP contribution in [0.15, 0.2) is 41.0 Å². The summed E-state index contributed by atoms with van der Waals surface area (Å²) in [7, 11) is 0. The van der Waals surface area contributed by atoms with E-state index in [4.69, 9.17) is 25.5 Å². The van der Waals surface area contributed by atoms with Crippen LogP contribution in [0.2, 0.25) is 0 Å². The molecule has 2 aromatic rings. The summed E-state index contributed by atoms with van der Waals surface area (Å²) in [6, 6.07) is 9.49. The molecular formula is C17H21ClO3. The van der Waals surface area contributed by atoms with Gasteiger partial charge in [-0.05, 0) is 42.7 Å². The zero-order valence-electron chi connectivity index (χ0n) is 12.5. The van der Waals surface area contributed by atoms with Gasteiger partial charge in [-0.2, -0.15) is 0 Å². The molecule has 1 aromatic carbocycles. The second-order valence-corrected chi connectivity index (χ2v) is 5.22. The molecule has 0 bridgehead atoms. The third kappa shape index (κ3) is 4.18. The van der Waals surface area contributed by atoms with Crippen molar-refractivity contribution in [2.75, 3.05) is 13.2 Å². The smallest absolute Gasteiger partial charge is 0.161 e. The Hall–Kier alpha value is -1.61. The summed E-state index contributed by atoms with van der Waals surface area (Å²) >= 11 is 6.45. The van der Waals surface area contributed by atoms with Gasteiger partial charge in [0, 0.05) is 0 Å². The first-order chi connectivity index (χ1) is 10.3. The molecule has 0 N–H and O–H groups in total. The summed E-state index contributed by atoms with van der Waals surface area (Å²) in [4.78, 5) is 0. The van der Waals surface area contributed by atoms with E-state index in [2.05, 4.69) is 13.8 Å². The molecule has 0 radical (unpaired) electrons. The van der Waals surface area contributed by atoms with Gasteiger partial charge in [0.05, 0.1) is 19.5 Å². The lowest BCUT2D eigenvalue weighted by Crippen LogP contribution is -2.02. The second-order valence-electron chi connectivity index (χ2n) is 4.78. The molecule has 0 fully saturated rings. The third-order valence-corrected chi connectivity index (χ3v) is 3.44. The Bertz CT molecular complexity index is 537. The van der Waals surface area contributed by atoms with Crippen LogP contribution in [0, 0.1) is 0 Å². The van der Waals surface area contributed by atoms with E-state index >= 15 is 0 Å². The monoisotopic (exact) mass is 308 g/mol. The molecule has 0 aliphatic carbocycles. The fourth-order valence-corrected chi connectivity index (χ4v) is 2.20. The minimum Gasteiger partial charge on any atom is -0.490 e. The molecule has 1 heterocycles. The van der Waals surface area contributed by atoms with Crippen LogP contribution in [0.1, 0.15) is 43.4 Å². The van der Waals surface area contributed by atoms with Crippen molar-refractivity contribution in [1.82, 2.24) is 0 Å². The van der Waals surface area contributed by atoms with Crippen LogP contribution in [0.5, 0.6) is 11.5 Å². The quantitative estimate of drug-likeness (QED) is 0.629. The topological polar surface area (TPSA) is 31.6 Å². The molecule has 0 saturated carbocycles. The standard InChI is InChI=1S/C17H21ClO3/c1-3-9-19-14-8-7-13(12-16(14)20-10-4-2)17(18)15-6-5-11-21-15/h5-8,11-12,17H,3-4,9-10H2,1-2H3. The number of benzene rings is 1. The fourth-order valence-electron chi connectivity index (χ4n) is 1.94. The highest BCUT2D eigenvalue weighted by Gasteiger charge is 2.16. The first-order valence-electron chi connectivity index (χ1n) is 7.33.